The smallest absolute Gasteiger partial charge is 0.416 e. The highest BCUT2D eigenvalue weighted by molar-refractivity contribution is 6.30. The summed E-state index contributed by atoms with van der Waals surface area (Å²) < 4.78 is 5.30. The second-order valence-electron chi connectivity index (χ2n) is 4.78. The van der Waals surface area contributed by atoms with Gasteiger partial charge in [0.2, 0.25) is 0 Å². The molecule has 1 aliphatic heterocycles. The third kappa shape index (κ3) is 2.76. The van der Waals surface area contributed by atoms with E-state index in [1.807, 2.05) is 42.5 Å². The van der Waals surface area contributed by atoms with Crippen LogP contribution < -0.4 is 0 Å². The lowest BCUT2D eigenvalue weighted by Crippen LogP contribution is -2.28. The third-order valence-electron chi connectivity index (χ3n) is 3.31. The van der Waals surface area contributed by atoms with Gasteiger partial charge < -0.3 is 4.74 Å². The van der Waals surface area contributed by atoms with Crippen molar-refractivity contribution in [2.24, 2.45) is 0 Å². The van der Waals surface area contributed by atoms with Crippen LogP contribution in [0.15, 0.2) is 54.6 Å². The largest absolute Gasteiger partial charge is 0.433 e. The predicted molar refractivity (Wildman–Crippen MR) is 80.4 cm³/mol. The third-order valence-corrected chi connectivity index (χ3v) is 3.55. The Balaban J connectivity index is 1.81. The summed E-state index contributed by atoms with van der Waals surface area (Å²) in [6.45, 7) is 0.279. The van der Waals surface area contributed by atoms with E-state index in [1.165, 1.54) is 4.90 Å². The van der Waals surface area contributed by atoms with Gasteiger partial charge in [0.1, 0.15) is 0 Å². The Morgan fingerprint density at radius 1 is 1.14 bits per heavy atom. The van der Waals surface area contributed by atoms with Gasteiger partial charge in [0.15, 0.2) is 11.9 Å². The second-order valence-corrected chi connectivity index (χ2v) is 5.21. The van der Waals surface area contributed by atoms with Gasteiger partial charge in [0.25, 0.3) is 0 Å². The van der Waals surface area contributed by atoms with Gasteiger partial charge in [-0.15, -0.1) is 0 Å². The van der Waals surface area contributed by atoms with E-state index < -0.39 is 12.2 Å². The number of hydrogen-bond acceptors (Lipinski definition) is 3. The number of amides is 1. The Hall–Kier alpha value is -2.33. The van der Waals surface area contributed by atoms with Crippen molar-refractivity contribution in [1.29, 1.82) is 5.41 Å². The number of amidine groups is 1. The fourth-order valence-electron chi connectivity index (χ4n) is 2.28. The molecular formula is C16H13ClN2O2. The van der Waals surface area contributed by atoms with Crippen molar-refractivity contribution in [2.75, 3.05) is 0 Å². The second kappa shape index (κ2) is 5.58. The Morgan fingerprint density at radius 3 is 2.62 bits per heavy atom. The van der Waals surface area contributed by atoms with Crippen molar-refractivity contribution in [3.05, 3.63) is 70.7 Å². The van der Waals surface area contributed by atoms with Crippen LogP contribution in [-0.2, 0) is 11.3 Å². The minimum Gasteiger partial charge on any atom is -0.433 e. The normalized spacial score (nSPS) is 18.0. The van der Waals surface area contributed by atoms with Crippen LogP contribution in [-0.4, -0.2) is 16.8 Å². The summed E-state index contributed by atoms with van der Waals surface area (Å²) in [5.74, 6) is 0.145. The molecule has 5 heteroatoms. The maximum Gasteiger partial charge on any atom is 0.416 e. The quantitative estimate of drug-likeness (QED) is 0.931. The first kappa shape index (κ1) is 13.6. The molecule has 1 atom stereocenters. The number of benzene rings is 2. The van der Waals surface area contributed by atoms with Gasteiger partial charge in [0.05, 0.1) is 6.54 Å². The van der Waals surface area contributed by atoms with Crippen LogP contribution in [0.3, 0.4) is 0 Å². The summed E-state index contributed by atoms with van der Waals surface area (Å²) in [5.41, 5.74) is 1.65. The number of halogens is 1. The molecule has 21 heavy (non-hydrogen) atoms. The monoisotopic (exact) mass is 300 g/mol. The van der Waals surface area contributed by atoms with E-state index in [1.54, 1.807) is 12.1 Å². The first-order chi connectivity index (χ1) is 10.1. The molecule has 4 nitrogen and oxygen atoms in total. The van der Waals surface area contributed by atoms with Crippen LogP contribution in [0.5, 0.6) is 0 Å². The molecule has 1 unspecified atom stereocenters. The summed E-state index contributed by atoms with van der Waals surface area (Å²) in [5, 5.41) is 8.78. The average molecular weight is 301 g/mol. The van der Waals surface area contributed by atoms with Crippen molar-refractivity contribution >= 4 is 23.5 Å². The van der Waals surface area contributed by atoms with Crippen molar-refractivity contribution in [3.63, 3.8) is 0 Å². The molecule has 0 saturated carbocycles. The highest BCUT2D eigenvalue weighted by atomic mass is 35.5. The number of cyclic esters (lactones) is 1. The maximum atomic E-state index is 12.0. The Kier molecular flexibility index (Phi) is 3.62. The van der Waals surface area contributed by atoms with E-state index in [0.29, 0.717) is 5.02 Å². The molecule has 106 valence electrons. The topological polar surface area (TPSA) is 53.4 Å². The zero-order valence-corrected chi connectivity index (χ0v) is 11.9. The average Bonchev–Trinajstić information content (AvgIpc) is 2.76. The summed E-state index contributed by atoms with van der Waals surface area (Å²) in [7, 11) is 0. The van der Waals surface area contributed by atoms with Crippen LogP contribution >= 0.6 is 11.6 Å². The Labute approximate surface area is 127 Å². The molecule has 3 rings (SSSR count). The van der Waals surface area contributed by atoms with E-state index in [-0.39, 0.29) is 12.4 Å². The number of carbonyl (C=O) groups excluding carboxylic acids is 1. The summed E-state index contributed by atoms with van der Waals surface area (Å²) >= 11 is 5.94. The number of nitrogens with one attached hydrogen (secondary N) is 1. The lowest BCUT2D eigenvalue weighted by Gasteiger charge is -2.14. The standard InChI is InChI=1S/C16H13ClN2O2/c17-13-8-4-5-11(9-13)10-19-15(18)14(21-16(19)20)12-6-2-1-3-7-12/h1-9,14,18H,10H2. The highest BCUT2D eigenvalue weighted by Gasteiger charge is 2.38. The fourth-order valence-corrected chi connectivity index (χ4v) is 2.49. The van der Waals surface area contributed by atoms with Gasteiger partial charge in [-0.3, -0.25) is 10.3 Å². The van der Waals surface area contributed by atoms with E-state index in [9.17, 15) is 4.79 Å². The first-order valence-electron chi connectivity index (χ1n) is 6.51. The van der Waals surface area contributed by atoms with E-state index in [4.69, 9.17) is 21.7 Å². The molecule has 0 spiro atoms. The van der Waals surface area contributed by atoms with Crippen LogP contribution in [0.2, 0.25) is 5.02 Å². The molecule has 1 saturated heterocycles. The van der Waals surface area contributed by atoms with E-state index in [2.05, 4.69) is 0 Å². The van der Waals surface area contributed by atoms with E-state index >= 15 is 0 Å². The molecule has 1 N–H and O–H groups in total. The lowest BCUT2D eigenvalue weighted by molar-refractivity contribution is 0.133. The predicted octanol–water partition coefficient (Wildman–Crippen LogP) is 4.01. The summed E-state index contributed by atoms with van der Waals surface area (Å²) in [6, 6.07) is 16.5. The minimum absolute atomic E-state index is 0.145. The van der Waals surface area contributed by atoms with Crippen LogP contribution in [0.25, 0.3) is 0 Å². The van der Waals surface area contributed by atoms with Crippen LogP contribution in [0.4, 0.5) is 4.79 Å². The van der Waals surface area contributed by atoms with Gasteiger partial charge >= 0.3 is 6.09 Å². The first-order valence-corrected chi connectivity index (χ1v) is 6.89. The highest BCUT2D eigenvalue weighted by Crippen LogP contribution is 2.29. The Bertz CT molecular complexity index is 688. The number of carbonyl (C=O) groups is 1. The minimum atomic E-state index is -0.641. The van der Waals surface area contributed by atoms with Gasteiger partial charge in [-0.25, -0.2) is 4.79 Å². The zero-order valence-electron chi connectivity index (χ0n) is 11.1. The SMILES string of the molecule is N=C1C(c2ccccc2)OC(=O)N1Cc1cccc(Cl)c1. The molecule has 1 fully saturated rings. The van der Waals surface area contributed by atoms with Crippen molar-refractivity contribution < 1.29 is 9.53 Å². The summed E-state index contributed by atoms with van der Waals surface area (Å²) in [4.78, 5) is 13.3. The van der Waals surface area contributed by atoms with Crippen molar-refractivity contribution in [2.45, 2.75) is 12.6 Å². The molecule has 2 aromatic carbocycles. The molecule has 0 radical (unpaired) electrons. The molecule has 1 heterocycles. The molecular weight excluding hydrogens is 288 g/mol. The Morgan fingerprint density at radius 2 is 1.90 bits per heavy atom. The molecule has 0 aromatic heterocycles. The van der Waals surface area contributed by atoms with E-state index in [0.717, 1.165) is 11.1 Å². The molecule has 0 bridgehead atoms. The lowest BCUT2D eigenvalue weighted by atomic mass is 10.1. The van der Waals surface area contributed by atoms with Crippen molar-refractivity contribution in [1.82, 2.24) is 4.90 Å². The van der Waals surface area contributed by atoms with Crippen LogP contribution in [0.1, 0.15) is 17.2 Å². The van der Waals surface area contributed by atoms with Gasteiger partial charge in [-0.2, -0.15) is 0 Å². The molecule has 1 amide bonds. The van der Waals surface area contributed by atoms with Gasteiger partial charge in [-0.05, 0) is 17.7 Å². The molecule has 1 aliphatic rings. The number of ether oxygens (including phenoxy) is 1. The fraction of sp³-hybridized carbons (Fsp3) is 0.125. The number of rotatable bonds is 3. The summed E-state index contributed by atoms with van der Waals surface area (Å²) in [6.07, 6.45) is -1.15. The number of hydrogen-bond donors (Lipinski definition) is 1. The molecule has 0 aliphatic carbocycles. The molecule has 2 aromatic rings. The zero-order chi connectivity index (χ0) is 14.8. The van der Waals surface area contributed by atoms with Gasteiger partial charge in [0, 0.05) is 10.6 Å². The van der Waals surface area contributed by atoms with Crippen LogP contribution in [0, 0.1) is 5.41 Å². The van der Waals surface area contributed by atoms with Gasteiger partial charge in [-0.1, -0.05) is 54.1 Å². The van der Waals surface area contributed by atoms with Crippen molar-refractivity contribution in [3.8, 4) is 0 Å². The maximum absolute atomic E-state index is 12.0. The number of nitrogens with zero attached hydrogens (tertiary/aromatic N) is 1.